The van der Waals surface area contributed by atoms with Crippen molar-refractivity contribution in [3.8, 4) is 0 Å². The fraction of sp³-hybridized carbons (Fsp3) is 0.739. The van der Waals surface area contributed by atoms with Crippen LogP contribution in [0.3, 0.4) is 0 Å². The molecule has 0 aromatic heterocycles. The average Bonchev–Trinajstić information content (AvgIpc) is 2.90. The second-order valence-corrected chi connectivity index (χ2v) is 8.97. The molecule has 0 spiro atoms. The molecule has 4 rings (SSSR count). The van der Waals surface area contributed by atoms with Crippen LogP contribution >= 0.6 is 0 Å². The predicted octanol–water partition coefficient (Wildman–Crippen LogP) is 6.44. The van der Waals surface area contributed by atoms with Crippen LogP contribution < -0.4 is 0 Å². The monoisotopic (exact) mass is 310 g/mol. The summed E-state index contributed by atoms with van der Waals surface area (Å²) in [7, 11) is 0. The van der Waals surface area contributed by atoms with Gasteiger partial charge in [0.2, 0.25) is 0 Å². The van der Waals surface area contributed by atoms with Crippen molar-refractivity contribution in [1.29, 1.82) is 0 Å². The first-order valence-corrected chi connectivity index (χ1v) is 10.2. The molecule has 0 saturated heterocycles. The highest BCUT2D eigenvalue weighted by Gasteiger charge is 2.53. The lowest BCUT2D eigenvalue weighted by atomic mass is 9.54. The normalized spacial score (nSPS) is 38.8. The Kier molecular flexibility index (Phi) is 3.86. The second kappa shape index (κ2) is 5.64. The van der Waals surface area contributed by atoms with Gasteiger partial charge in [-0.2, -0.15) is 0 Å². The molecule has 0 N–H and O–H groups in total. The number of hydrogen-bond acceptors (Lipinski definition) is 0. The van der Waals surface area contributed by atoms with Gasteiger partial charge in [0.15, 0.2) is 0 Å². The summed E-state index contributed by atoms with van der Waals surface area (Å²) < 4.78 is 0. The zero-order chi connectivity index (χ0) is 16.2. The summed E-state index contributed by atoms with van der Waals surface area (Å²) in [6, 6.07) is 5.14. The van der Waals surface area contributed by atoms with Crippen LogP contribution in [0.4, 0.5) is 0 Å². The highest BCUT2D eigenvalue weighted by atomic mass is 14.6. The SMILES string of the molecule is CCc1cc2c(cc1C)CCC1C2CCC2(C)C(CC)CCC12. The fourth-order valence-electron chi connectivity index (χ4n) is 6.95. The van der Waals surface area contributed by atoms with Gasteiger partial charge in [-0.3, -0.25) is 0 Å². The van der Waals surface area contributed by atoms with Crippen LogP contribution in [0.5, 0.6) is 0 Å². The zero-order valence-electron chi connectivity index (χ0n) is 15.6. The first kappa shape index (κ1) is 15.7. The molecule has 0 bridgehead atoms. The van der Waals surface area contributed by atoms with Crippen LogP contribution in [-0.4, -0.2) is 0 Å². The van der Waals surface area contributed by atoms with E-state index in [2.05, 4.69) is 39.8 Å². The summed E-state index contributed by atoms with van der Waals surface area (Å²) in [5.41, 5.74) is 7.22. The Morgan fingerprint density at radius 3 is 2.65 bits per heavy atom. The summed E-state index contributed by atoms with van der Waals surface area (Å²) in [5, 5.41) is 0. The largest absolute Gasteiger partial charge is 0.0651 e. The first-order chi connectivity index (χ1) is 11.1. The van der Waals surface area contributed by atoms with Crippen molar-refractivity contribution < 1.29 is 0 Å². The molecular formula is C23H34. The number of aryl methyl sites for hydroxylation is 3. The van der Waals surface area contributed by atoms with Crippen molar-refractivity contribution in [2.75, 3.05) is 0 Å². The quantitative estimate of drug-likeness (QED) is 0.589. The average molecular weight is 311 g/mol. The zero-order valence-corrected chi connectivity index (χ0v) is 15.6. The van der Waals surface area contributed by atoms with Crippen LogP contribution in [0.25, 0.3) is 0 Å². The first-order valence-electron chi connectivity index (χ1n) is 10.2. The van der Waals surface area contributed by atoms with E-state index in [1.54, 1.807) is 16.7 Å². The van der Waals surface area contributed by atoms with E-state index in [1.165, 1.54) is 56.9 Å². The van der Waals surface area contributed by atoms with E-state index in [0.717, 1.165) is 23.7 Å². The smallest absolute Gasteiger partial charge is 0.0128 e. The van der Waals surface area contributed by atoms with Crippen molar-refractivity contribution in [2.45, 2.75) is 85.0 Å². The third kappa shape index (κ3) is 2.24. The van der Waals surface area contributed by atoms with Crippen molar-refractivity contribution in [2.24, 2.45) is 23.2 Å². The van der Waals surface area contributed by atoms with Crippen molar-refractivity contribution in [3.05, 3.63) is 34.4 Å². The maximum atomic E-state index is 2.65. The van der Waals surface area contributed by atoms with E-state index >= 15 is 0 Å². The van der Waals surface area contributed by atoms with Gasteiger partial charge < -0.3 is 0 Å². The molecule has 1 aromatic carbocycles. The van der Waals surface area contributed by atoms with Gasteiger partial charge in [-0.05, 0) is 103 Å². The second-order valence-electron chi connectivity index (χ2n) is 8.97. The van der Waals surface area contributed by atoms with Crippen LogP contribution in [0.2, 0.25) is 0 Å². The minimum Gasteiger partial charge on any atom is -0.0651 e. The van der Waals surface area contributed by atoms with Crippen LogP contribution in [0.1, 0.15) is 87.5 Å². The Balaban J connectivity index is 1.70. The third-order valence-electron chi connectivity index (χ3n) is 8.25. The van der Waals surface area contributed by atoms with Gasteiger partial charge in [0.1, 0.15) is 0 Å². The molecule has 5 unspecified atom stereocenters. The highest BCUT2D eigenvalue weighted by Crippen LogP contribution is 2.63. The topological polar surface area (TPSA) is 0 Å². The summed E-state index contributed by atoms with van der Waals surface area (Å²) in [5.74, 6) is 3.85. The molecule has 1 aromatic rings. The molecule has 3 aliphatic rings. The summed E-state index contributed by atoms with van der Waals surface area (Å²) >= 11 is 0. The van der Waals surface area contributed by atoms with E-state index in [0.29, 0.717) is 5.41 Å². The van der Waals surface area contributed by atoms with E-state index in [1.807, 2.05) is 0 Å². The number of hydrogen-bond donors (Lipinski definition) is 0. The molecule has 23 heavy (non-hydrogen) atoms. The van der Waals surface area contributed by atoms with Crippen molar-refractivity contribution >= 4 is 0 Å². The van der Waals surface area contributed by atoms with Crippen LogP contribution in [-0.2, 0) is 12.8 Å². The van der Waals surface area contributed by atoms with Gasteiger partial charge in [0.05, 0.1) is 0 Å². The van der Waals surface area contributed by atoms with E-state index in [-0.39, 0.29) is 0 Å². The summed E-state index contributed by atoms with van der Waals surface area (Å²) in [4.78, 5) is 0. The molecule has 0 heterocycles. The van der Waals surface area contributed by atoms with E-state index in [4.69, 9.17) is 0 Å². The van der Waals surface area contributed by atoms with Gasteiger partial charge in [0, 0.05) is 0 Å². The lowest BCUT2D eigenvalue weighted by molar-refractivity contribution is 0.0273. The molecule has 0 radical (unpaired) electrons. The van der Waals surface area contributed by atoms with E-state index < -0.39 is 0 Å². The molecule has 0 aliphatic heterocycles. The minimum absolute atomic E-state index is 0.658. The molecule has 5 atom stereocenters. The Hall–Kier alpha value is -0.780. The minimum atomic E-state index is 0.658. The van der Waals surface area contributed by atoms with E-state index in [9.17, 15) is 0 Å². The molecule has 0 amide bonds. The number of rotatable bonds is 2. The van der Waals surface area contributed by atoms with Gasteiger partial charge in [-0.25, -0.2) is 0 Å². The van der Waals surface area contributed by atoms with Gasteiger partial charge in [-0.15, -0.1) is 0 Å². The van der Waals surface area contributed by atoms with Crippen molar-refractivity contribution in [1.82, 2.24) is 0 Å². The molecule has 126 valence electrons. The maximum absolute atomic E-state index is 2.65. The lowest BCUT2D eigenvalue weighted by Gasteiger charge is -2.51. The fourth-order valence-corrected chi connectivity index (χ4v) is 6.95. The molecule has 2 fully saturated rings. The Bertz CT molecular complexity index is 598. The van der Waals surface area contributed by atoms with Gasteiger partial charge >= 0.3 is 0 Å². The number of benzene rings is 1. The molecular weight excluding hydrogens is 276 g/mol. The lowest BCUT2D eigenvalue weighted by Crippen LogP contribution is -2.42. The molecule has 2 saturated carbocycles. The Morgan fingerprint density at radius 2 is 1.91 bits per heavy atom. The van der Waals surface area contributed by atoms with Crippen LogP contribution in [0, 0.1) is 30.1 Å². The Morgan fingerprint density at radius 1 is 1.09 bits per heavy atom. The van der Waals surface area contributed by atoms with Gasteiger partial charge in [0.25, 0.3) is 0 Å². The highest BCUT2D eigenvalue weighted by molar-refractivity contribution is 5.42. The maximum Gasteiger partial charge on any atom is -0.0128 e. The summed E-state index contributed by atoms with van der Waals surface area (Å²) in [6.07, 6.45) is 11.3. The number of fused-ring (bicyclic) bond motifs is 5. The van der Waals surface area contributed by atoms with Crippen molar-refractivity contribution in [3.63, 3.8) is 0 Å². The Labute approximate surface area is 143 Å². The molecule has 3 aliphatic carbocycles. The van der Waals surface area contributed by atoms with Crippen LogP contribution in [0.15, 0.2) is 12.1 Å². The van der Waals surface area contributed by atoms with Gasteiger partial charge in [-0.1, -0.05) is 39.3 Å². The summed E-state index contributed by atoms with van der Waals surface area (Å²) in [6.45, 7) is 9.70. The molecule has 0 heteroatoms. The third-order valence-corrected chi connectivity index (χ3v) is 8.25. The predicted molar refractivity (Wildman–Crippen MR) is 99.0 cm³/mol. The standard InChI is InChI=1S/C23H34/c1-5-16-14-21-17(13-15(16)3)7-9-20-19(21)11-12-23(4)18(6-2)8-10-22(20)23/h13-14,18-20,22H,5-12H2,1-4H3. The molecule has 0 nitrogen and oxygen atoms in total.